The molecule has 3 rings (SSSR count). The molecule has 0 spiro atoms. The van der Waals surface area contributed by atoms with Gasteiger partial charge in [-0.05, 0) is 23.6 Å². The summed E-state index contributed by atoms with van der Waals surface area (Å²) in [5, 5.41) is 26.1. The number of fused-ring (bicyclic) bond motifs is 1. The smallest absolute Gasteiger partial charge is 0.326 e. The molecule has 33 heavy (non-hydrogen) atoms. The Hall–Kier alpha value is -3.88. The van der Waals surface area contributed by atoms with Crippen molar-refractivity contribution in [2.45, 2.75) is 32.7 Å². The first kappa shape index (κ1) is 23.8. The minimum atomic E-state index is -1.17. The Morgan fingerprint density at radius 3 is 2.39 bits per heavy atom. The molecule has 3 aromatic rings. The van der Waals surface area contributed by atoms with E-state index >= 15 is 0 Å². The summed E-state index contributed by atoms with van der Waals surface area (Å²) in [4.78, 5) is 36.7. The van der Waals surface area contributed by atoms with Gasteiger partial charge >= 0.3 is 18.0 Å². The maximum atomic E-state index is 12.7. The third-order valence-corrected chi connectivity index (χ3v) is 5.11. The van der Waals surface area contributed by atoms with Gasteiger partial charge in [-0.3, -0.25) is 4.79 Å². The second-order valence-electron chi connectivity index (χ2n) is 8.25. The summed E-state index contributed by atoms with van der Waals surface area (Å²) in [7, 11) is 0. The number of amides is 2. The SMILES string of the molecule is CC(C)CN(CCC(=O)O)C(=O)N[C@@H](Cc1ccc(-c2noc3ccccc23)cc1)C(=O)O. The molecule has 0 saturated carbocycles. The van der Waals surface area contributed by atoms with E-state index in [-0.39, 0.29) is 25.3 Å². The lowest BCUT2D eigenvalue weighted by Crippen LogP contribution is -2.50. The highest BCUT2D eigenvalue weighted by Gasteiger charge is 2.24. The van der Waals surface area contributed by atoms with Crippen LogP contribution in [0.4, 0.5) is 4.79 Å². The summed E-state index contributed by atoms with van der Waals surface area (Å²) in [6.07, 6.45) is -0.133. The summed E-state index contributed by atoms with van der Waals surface area (Å²) in [5.41, 5.74) is 2.93. The fraction of sp³-hybridized carbons (Fsp3) is 0.333. The van der Waals surface area contributed by atoms with Crippen molar-refractivity contribution < 1.29 is 29.1 Å². The monoisotopic (exact) mass is 453 g/mol. The molecule has 0 radical (unpaired) electrons. The molecule has 0 aliphatic rings. The molecule has 1 aromatic heterocycles. The van der Waals surface area contributed by atoms with Crippen LogP contribution in [-0.4, -0.2) is 57.4 Å². The number of aliphatic carboxylic acids is 2. The van der Waals surface area contributed by atoms with Crippen molar-refractivity contribution in [3.8, 4) is 11.3 Å². The molecule has 9 heteroatoms. The molecule has 2 aromatic carbocycles. The van der Waals surface area contributed by atoms with Gasteiger partial charge in [-0.25, -0.2) is 9.59 Å². The molecule has 1 atom stereocenters. The molecule has 1 heterocycles. The standard InChI is InChI=1S/C24H27N3O6/c1-15(2)14-27(12-11-21(28)29)24(32)25-19(23(30)31)13-16-7-9-17(10-8-16)22-18-5-3-4-6-20(18)33-26-22/h3-10,15,19H,11-14H2,1-2H3,(H,25,32)(H,28,29)(H,30,31)/t19-/m0/s1. The van der Waals surface area contributed by atoms with E-state index in [2.05, 4.69) is 10.5 Å². The molecule has 2 amide bonds. The highest BCUT2D eigenvalue weighted by atomic mass is 16.5. The van der Waals surface area contributed by atoms with Gasteiger partial charge < -0.3 is 25.0 Å². The molecule has 9 nitrogen and oxygen atoms in total. The number of carboxylic acid groups (broad SMARTS) is 2. The van der Waals surface area contributed by atoms with E-state index in [0.717, 1.165) is 16.5 Å². The molecular formula is C24H27N3O6. The Morgan fingerprint density at radius 2 is 1.76 bits per heavy atom. The zero-order chi connectivity index (χ0) is 24.0. The highest BCUT2D eigenvalue weighted by molar-refractivity contribution is 5.91. The summed E-state index contributed by atoms with van der Waals surface area (Å²) < 4.78 is 5.34. The number of para-hydroxylation sites is 1. The number of hydrogen-bond acceptors (Lipinski definition) is 5. The molecule has 3 N–H and O–H groups in total. The number of rotatable bonds is 10. The minimum Gasteiger partial charge on any atom is -0.481 e. The largest absolute Gasteiger partial charge is 0.481 e. The lowest BCUT2D eigenvalue weighted by Gasteiger charge is -2.26. The fourth-order valence-electron chi connectivity index (χ4n) is 3.52. The summed E-state index contributed by atoms with van der Waals surface area (Å²) >= 11 is 0. The molecule has 0 aliphatic heterocycles. The van der Waals surface area contributed by atoms with Gasteiger partial charge in [0.05, 0.1) is 6.42 Å². The molecular weight excluding hydrogens is 426 g/mol. The van der Waals surface area contributed by atoms with Gasteiger partial charge in [0.15, 0.2) is 5.58 Å². The van der Waals surface area contributed by atoms with E-state index in [0.29, 0.717) is 17.8 Å². The topological polar surface area (TPSA) is 133 Å². The maximum absolute atomic E-state index is 12.7. The fourth-order valence-corrected chi connectivity index (χ4v) is 3.52. The predicted molar refractivity (Wildman–Crippen MR) is 122 cm³/mol. The second kappa shape index (κ2) is 10.6. The average molecular weight is 453 g/mol. The molecule has 0 unspecified atom stereocenters. The third kappa shape index (κ3) is 6.31. The molecule has 0 saturated heterocycles. The number of aromatic nitrogens is 1. The molecule has 174 valence electrons. The lowest BCUT2D eigenvalue weighted by molar-refractivity contribution is -0.139. The molecule has 0 fully saturated rings. The van der Waals surface area contributed by atoms with E-state index in [1.165, 1.54) is 4.90 Å². The van der Waals surface area contributed by atoms with Gasteiger partial charge in [0.25, 0.3) is 0 Å². The van der Waals surface area contributed by atoms with Gasteiger partial charge in [0, 0.05) is 30.5 Å². The number of hydrogen-bond donors (Lipinski definition) is 3. The van der Waals surface area contributed by atoms with E-state index < -0.39 is 24.0 Å². The van der Waals surface area contributed by atoms with Crippen molar-refractivity contribution in [2.75, 3.05) is 13.1 Å². The lowest BCUT2D eigenvalue weighted by atomic mass is 10.0. The first-order chi connectivity index (χ1) is 15.7. The van der Waals surface area contributed by atoms with Crippen LogP contribution in [0.2, 0.25) is 0 Å². The van der Waals surface area contributed by atoms with Crippen molar-refractivity contribution in [2.24, 2.45) is 5.92 Å². The van der Waals surface area contributed by atoms with Crippen molar-refractivity contribution in [3.63, 3.8) is 0 Å². The van der Waals surface area contributed by atoms with Crippen molar-refractivity contribution in [1.82, 2.24) is 15.4 Å². The normalized spacial score (nSPS) is 12.0. The number of carbonyl (C=O) groups excluding carboxylic acids is 1. The van der Waals surface area contributed by atoms with Crippen molar-refractivity contribution in [3.05, 3.63) is 54.1 Å². The Kier molecular flexibility index (Phi) is 7.66. The Bertz CT molecular complexity index is 1120. The van der Waals surface area contributed by atoms with Crippen LogP contribution in [0.1, 0.15) is 25.8 Å². The number of carbonyl (C=O) groups is 3. The maximum Gasteiger partial charge on any atom is 0.326 e. The minimum absolute atomic E-state index is 0.00599. The first-order valence-corrected chi connectivity index (χ1v) is 10.7. The van der Waals surface area contributed by atoms with Gasteiger partial charge in [-0.2, -0.15) is 0 Å². The summed E-state index contributed by atoms with van der Waals surface area (Å²) in [6.45, 7) is 4.13. The van der Waals surface area contributed by atoms with Crippen molar-refractivity contribution in [1.29, 1.82) is 0 Å². The van der Waals surface area contributed by atoms with Gasteiger partial charge in [-0.1, -0.05) is 55.4 Å². The van der Waals surface area contributed by atoms with Crippen LogP contribution in [0.5, 0.6) is 0 Å². The van der Waals surface area contributed by atoms with Crippen LogP contribution < -0.4 is 5.32 Å². The van der Waals surface area contributed by atoms with E-state index in [9.17, 15) is 19.5 Å². The number of urea groups is 1. The van der Waals surface area contributed by atoms with Crippen molar-refractivity contribution >= 4 is 28.9 Å². The molecule has 0 aliphatic carbocycles. The predicted octanol–water partition coefficient (Wildman–Crippen LogP) is 3.63. The van der Waals surface area contributed by atoms with Crippen LogP contribution in [0.3, 0.4) is 0 Å². The van der Waals surface area contributed by atoms with E-state index in [4.69, 9.17) is 9.63 Å². The Labute approximate surface area is 191 Å². The Balaban J connectivity index is 1.70. The van der Waals surface area contributed by atoms with Gasteiger partial charge in [0.1, 0.15) is 11.7 Å². The zero-order valence-electron chi connectivity index (χ0n) is 18.5. The van der Waals surface area contributed by atoms with E-state index in [1.54, 1.807) is 12.1 Å². The van der Waals surface area contributed by atoms with Gasteiger partial charge in [-0.15, -0.1) is 0 Å². The third-order valence-electron chi connectivity index (χ3n) is 5.11. The number of nitrogens with one attached hydrogen (secondary N) is 1. The second-order valence-corrected chi connectivity index (χ2v) is 8.25. The van der Waals surface area contributed by atoms with Crippen LogP contribution >= 0.6 is 0 Å². The highest BCUT2D eigenvalue weighted by Crippen LogP contribution is 2.28. The summed E-state index contributed by atoms with van der Waals surface area (Å²) in [6, 6.07) is 13.0. The van der Waals surface area contributed by atoms with Crippen LogP contribution in [0, 0.1) is 5.92 Å². The van der Waals surface area contributed by atoms with Crippen LogP contribution in [0.25, 0.3) is 22.2 Å². The number of benzene rings is 2. The Morgan fingerprint density at radius 1 is 1.06 bits per heavy atom. The number of nitrogens with zero attached hydrogens (tertiary/aromatic N) is 2. The molecule has 0 bridgehead atoms. The van der Waals surface area contributed by atoms with Gasteiger partial charge in [0.2, 0.25) is 0 Å². The average Bonchev–Trinajstić information content (AvgIpc) is 3.20. The van der Waals surface area contributed by atoms with E-state index in [1.807, 2.05) is 50.2 Å². The number of carboxylic acids is 2. The zero-order valence-corrected chi connectivity index (χ0v) is 18.5. The first-order valence-electron chi connectivity index (χ1n) is 10.7. The van der Waals surface area contributed by atoms with Crippen LogP contribution in [-0.2, 0) is 16.0 Å². The summed E-state index contributed by atoms with van der Waals surface area (Å²) in [5.74, 6) is -2.09. The van der Waals surface area contributed by atoms with Crippen LogP contribution in [0.15, 0.2) is 53.1 Å². The quantitative estimate of drug-likeness (QED) is 0.427.